The van der Waals surface area contributed by atoms with Gasteiger partial charge in [0.2, 0.25) is 5.91 Å². The minimum absolute atomic E-state index is 0.0336. The molecule has 212 valence electrons. The van der Waals surface area contributed by atoms with Crippen molar-refractivity contribution in [1.29, 1.82) is 0 Å². The van der Waals surface area contributed by atoms with Crippen LogP contribution in [0, 0.1) is 12.3 Å². The van der Waals surface area contributed by atoms with E-state index in [1.807, 2.05) is 37.3 Å². The first-order valence-corrected chi connectivity index (χ1v) is 14.5. The summed E-state index contributed by atoms with van der Waals surface area (Å²) in [4.78, 5) is 38.9. The van der Waals surface area contributed by atoms with Gasteiger partial charge in [0.15, 0.2) is 5.76 Å². The number of carboxylic acid groups (broad SMARTS) is 1. The van der Waals surface area contributed by atoms with Crippen LogP contribution >= 0.6 is 0 Å². The third kappa shape index (κ3) is 8.43. The number of hydrogen-bond acceptors (Lipinski definition) is 5. The van der Waals surface area contributed by atoms with Crippen LogP contribution in [0.25, 0.3) is 11.1 Å². The van der Waals surface area contributed by atoms with Gasteiger partial charge in [-0.1, -0.05) is 49.1 Å². The first-order valence-electron chi connectivity index (χ1n) is 14.5. The van der Waals surface area contributed by atoms with Crippen LogP contribution in [-0.2, 0) is 9.59 Å². The number of aliphatic carboxylic acids is 1. The monoisotopic (exact) mass is 537 g/mol. The number of carboxylic acids is 1. The number of hydrogen-bond donors (Lipinski definition) is 3. The Bertz CT molecular complexity index is 1100. The molecule has 2 amide bonds. The maximum Gasteiger partial charge on any atom is 0.303 e. The lowest BCUT2D eigenvalue weighted by molar-refractivity contribution is -0.137. The quantitative estimate of drug-likeness (QED) is 0.323. The maximum atomic E-state index is 13.0. The van der Waals surface area contributed by atoms with Crippen molar-refractivity contribution in [3.8, 4) is 11.1 Å². The van der Waals surface area contributed by atoms with E-state index in [0.29, 0.717) is 25.1 Å². The van der Waals surface area contributed by atoms with Crippen LogP contribution in [0.5, 0.6) is 0 Å². The predicted octanol–water partition coefficient (Wildman–Crippen LogP) is 5.16. The van der Waals surface area contributed by atoms with E-state index >= 15 is 0 Å². The molecule has 0 spiro atoms. The number of rotatable bonds is 12. The Morgan fingerprint density at radius 1 is 1.05 bits per heavy atom. The molecule has 2 aromatic rings. The fourth-order valence-corrected chi connectivity index (χ4v) is 6.08. The summed E-state index contributed by atoms with van der Waals surface area (Å²) in [5, 5.41) is 14.9. The van der Waals surface area contributed by atoms with Crippen molar-refractivity contribution >= 4 is 17.8 Å². The molecule has 39 heavy (non-hydrogen) atoms. The summed E-state index contributed by atoms with van der Waals surface area (Å²) in [5.41, 5.74) is 2.99. The van der Waals surface area contributed by atoms with Gasteiger partial charge in [-0.05, 0) is 69.0 Å². The number of carbonyl (C=O) groups is 3. The maximum absolute atomic E-state index is 13.0. The van der Waals surface area contributed by atoms with E-state index in [1.54, 1.807) is 6.26 Å². The van der Waals surface area contributed by atoms with Gasteiger partial charge >= 0.3 is 5.97 Å². The Morgan fingerprint density at radius 2 is 1.77 bits per heavy atom. The van der Waals surface area contributed by atoms with Gasteiger partial charge in [0.05, 0.1) is 6.26 Å². The van der Waals surface area contributed by atoms with E-state index < -0.39 is 5.97 Å². The molecular formula is C31H43N3O5. The van der Waals surface area contributed by atoms with Crippen LogP contribution in [0.1, 0.15) is 86.7 Å². The molecule has 8 nitrogen and oxygen atoms in total. The molecule has 8 heteroatoms. The summed E-state index contributed by atoms with van der Waals surface area (Å²) in [6, 6.07) is 10.1. The molecule has 4 rings (SSSR count). The Hall–Kier alpha value is -3.13. The van der Waals surface area contributed by atoms with Crippen molar-refractivity contribution in [2.45, 2.75) is 83.6 Å². The van der Waals surface area contributed by atoms with Gasteiger partial charge in [-0.3, -0.25) is 14.4 Å². The zero-order chi connectivity index (χ0) is 27.7. The normalized spacial score (nSPS) is 18.0. The molecular weight excluding hydrogens is 494 g/mol. The highest BCUT2D eigenvalue weighted by Gasteiger charge is 2.35. The summed E-state index contributed by atoms with van der Waals surface area (Å²) in [6.07, 6.45) is 11.1. The van der Waals surface area contributed by atoms with Gasteiger partial charge in [-0.15, -0.1) is 0 Å². The second-order valence-electron chi connectivity index (χ2n) is 11.5. The molecule has 0 unspecified atom stereocenters. The van der Waals surface area contributed by atoms with E-state index in [2.05, 4.69) is 15.5 Å². The van der Waals surface area contributed by atoms with Crippen molar-refractivity contribution in [2.75, 3.05) is 26.2 Å². The molecule has 1 aromatic carbocycles. The van der Waals surface area contributed by atoms with Gasteiger partial charge < -0.3 is 25.1 Å². The molecule has 0 radical (unpaired) electrons. The first kappa shape index (κ1) is 28.9. The van der Waals surface area contributed by atoms with Crippen LogP contribution < -0.4 is 10.6 Å². The lowest BCUT2D eigenvalue weighted by Crippen LogP contribution is -2.46. The molecule has 0 bridgehead atoms. The number of aryl methyl sites for hydroxylation is 1. The number of benzene rings is 1. The van der Waals surface area contributed by atoms with Crippen LogP contribution in [0.15, 0.2) is 41.0 Å². The number of carbonyl (C=O) groups excluding carboxylic acids is 2. The number of furan rings is 1. The smallest absolute Gasteiger partial charge is 0.303 e. The van der Waals surface area contributed by atoms with E-state index in [4.69, 9.17) is 9.52 Å². The van der Waals surface area contributed by atoms with Crippen LogP contribution in [0.2, 0.25) is 0 Å². The first-order chi connectivity index (χ1) is 18.8. The van der Waals surface area contributed by atoms with E-state index in [0.717, 1.165) is 75.7 Å². The molecule has 3 N–H and O–H groups in total. The summed E-state index contributed by atoms with van der Waals surface area (Å²) in [7, 11) is 0. The molecule has 2 aliphatic rings. The number of amides is 2. The van der Waals surface area contributed by atoms with Crippen LogP contribution in [-0.4, -0.2) is 60.0 Å². The fourth-order valence-electron chi connectivity index (χ4n) is 6.08. The van der Waals surface area contributed by atoms with E-state index in [1.165, 1.54) is 12.0 Å². The lowest BCUT2D eigenvalue weighted by atomic mass is 9.69. The molecule has 1 aromatic heterocycles. The zero-order valence-electron chi connectivity index (χ0n) is 23.2. The molecule has 1 saturated carbocycles. The van der Waals surface area contributed by atoms with Crippen molar-refractivity contribution in [1.82, 2.24) is 15.5 Å². The Balaban J connectivity index is 1.23. The van der Waals surface area contributed by atoms with Crippen molar-refractivity contribution in [2.24, 2.45) is 5.41 Å². The molecule has 1 aliphatic carbocycles. The molecule has 0 atom stereocenters. The Morgan fingerprint density at radius 3 is 2.46 bits per heavy atom. The Labute approximate surface area is 231 Å². The number of piperidine rings is 1. The predicted molar refractivity (Wildman–Crippen MR) is 150 cm³/mol. The molecule has 2 heterocycles. The fraction of sp³-hybridized carbons (Fsp3) is 0.581. The van der Waals surface area contributed by atoms with Gasteiger partial charge in [-0.2, -0.15) is 0 Å². The van der Waals surface area contributed by atoms with Crippen molar-refractivity contribution in [3.05, 3.63) is 47.9 Å². The van der Waals surface area contributed by atoms with Crippen LogP contribution in [0.3, 0.4) is 0 Å². The Kier molecular flexibility index (Phi) is 10.2. The lowest BCUT2D eigenvalue weighted by Gasteiger charge is -2.40. The average Bonchev–Trinajstić information content (AvgIpc) is 3.42. The summed E-state index contributed by atoms with van der Waals surface area (Å²) < 4.78 is 5.58. The van der Waals surface area contributed by atoms with Gasteiger partial charge in [-0.25, -0.2) is 0 Å². The highest BCUT2D eigenvalue weighted by Crippen LogP contribution is 2.42. The van der Waals surface area contributed by atoms with Crippen molar-refractivity contribution in [3.63, 3.8) is 0 Å². The molecule has 2 fully saturated rings. The number of nitrogens with one attached hydrogen (secondary N) is 2. The van der Waals surface area contributed by atoms with E-state index in [-0.39, 0.29) is 29.7 Å². The third-order valence-corrected chi connectivity index (χ3v) is 8.45. The highest BCUT2D eigenvalue weighted by atomic mass is 16.4. The topological polar surface area (TPSA) is 112 Å². The summed E-state index contributed by atoms with van der Waals surface area (Å²) in [6.45, 7) is 5.27. The minimum atomic E-state index is -0.829. The second kappa shape index (κ2) is 13.8. The van der Waals surface area contributed by atoms with E-state index in [9.17, 15) is 14.4 Å². The van der Waals surface area contributed by atoms with Crippen molar-refractivity contribution < 1.29 is 23.9 Å². The SMILES string of the molecule is Cc1ccc(-c2ccoc2C(=O)NC2CCN(CCC3(CC(=O)NCCCC(=O)O)CCCCC3)CC2)cc1. The average molecular weight is 538 g/mol. The second-order valence-corrected chi connectivity index (χ2v) is 11.5. The largest absolute Gasteiger partial charge is 0.481 e. The van der Waals surface area contributed by atoms with Gasteiger partial charge in [0, 0.05) is 44.1 Å². The molecule has 1 saturated heterocycles. The van der Waals surface area contributed by atoms with Gasteiger partial charge in [0.1, 0.15) is 0 Å². The summed E-state index contributed by atoms with van der Waals surface area (Å²) in [5.74, 6) is -0.581. The zero-order valence-corrected chi connectivity index (χ0v) is 23.2. The third-order valence-electron chi connectivity index (χ3n) is 8.45. The molecule has 1 aliphatic heterocycles. The standard InChI is InChI=1S/C31H43N3O5/c1-23-7-9-24(10-8-23)26-13-21-39-29(26)30(38)33-25-11-18-34(19-12-25)20-16-31(14-3-2-4-15-31)22-27(35)32-17-5-6-28(36)37/h7-10,13,21,25H,2-6,11-12,14-20,22H2,1H3,(H,32,35)(H,33,38)(H,36,37). The van der Waals surface area contributed by atoms with Gasteiger partial charge in [0.25, 0.3) is 5.91 Å². The summed E-state index contributed by atoms with van der Waals surface area (Å²) >= 11 is 0. The minimum Gasteiger partial charge on any atom is -0.481 e. The number of likely N-dealkylation sites (tertiary alicyclic amines) is 1. The highest BCUT2D eigenvalue weighted by molar-refractivity contribution is 5.98. The van der Waals surface area contributed by atoms with Crippen LogP contribution in [0.4, 0.5) is 0 Å². The number of nitrogens with zero attached hydrogens (tertiary/aromatic N) is 1.